The Bertz CT molecular complexity index is 861. The highest BCUT2D eigenvalue weighted by atomic mass is 16.6. The SMILES string of the molecule is CCN(CC)c1ccc2c(C)c(CCNC(=O)OC(C)(C)C)c(=O)oc2c1. The highest BCUT2D eigenvalue weighted by Gasteiger charge is 2.17. The average Bonchev–Trinajstić information content (AvgIpc) is 2.57. The van der Waals surface area contributed by atoms with E-state index < -0.39 is 11.7 Å². The van der Waals surface area contributed by atoms with Gasteiger partial charge in [0.2, 0.25) is 0 Å². The van der Waals surface area contributed by atoms with E-state index in [4.69, 9.17) is 9.15 Å². The first kappa shape index (κ1) is 20.8. The molecular weight excluding hydrogens is 344 g/mol. The number of alkyl carbamates (subject to hydrolysis) is 1. The Hall–Kier alpha value is -2.50. The summed E-state index contributed by atoms with van der Waals surface area (Å²) < 4.78 is 10.8. The maximum Gasteiger partial charge on any atom is 0.407 e. The van der Waals surface area contributed by atoms with Gasteiger partial charge in [-0.3, -0.25) is 0 Å². The van der Waals surface area contributed by atoms with Gasteiger partial charge in [0, 0.05) is 42.3 Å². The van der Waals surface area contributed by atoms with Crippen LogP contribution >= 0.6 is 0 Å². The van der Waals surface area contributed by atoms with E-state index in [2.05, 4.69) is 24.1 Å². The number of anilines is 1. The number of ether oxygens (including phenoxy) is 1. The minimum atomic E-state index is -0.551. The number of carbonyl (C=O) groups is 1. The summed E-state index contributed by atoms with van der Waals surface area (Å²) in [5, 5.41) is 3.60. The molecule has 0 saturated carbocycles. The van der Waals surface area contributed by atoms with Crippen LogP contribution in [-0.4, -0.2) is 31.3 Å². The van der Waals surface area contributed by atoms with Crippen molar-refractivity contribution < 1.29 is 13.9 Å². The summed E-state index contributed by atoms with van der Waals surface area (Å²) in [7, 11) is 0. The second-order valence-corrected chi connectivity index (χ2v) is 7.52. The Morgan fingerprint density at radius 2 is 1.89 bits per heavy atom. The Morgan fingerprint density at radius 3 is 2.48 bits per heavy atom. The molecule has 0 bridgehead atoms. The van der Waals surface area contributed by atoms with E-state index in [0.717, 1.165) is 29.7 Å². The number of carbonyl (C=O) groups excluding carboxylic acids is 1. The van der Waals surface area contributed by atoms with Crippen molar-refractivity contribution in [2.24, 2.45) is 0 Å². The zero-order valence-corrected chi connectivity index (χ0v) is 17.1. The predicted octanol–water partition coefficient (Wildman–Crippen LogP) is 4.01. The quantitative estimate of drug-likeness (QED) is 0.774. The molecule has 27 heavy (non-hydrogen) atoms. The minimum absolute atomic E-state index is 0.309. The summed E-state index contributed by atoms with van der Waals surface area (Å²) in [4.78, 5) is 26.4. The van der Waals surface area contributed by atoms with Crippen LogP contribution in [0.25, 0.3) is 11.0 Å². The van der Waals surface area contributed by atoms with Gasteiger partial charge in [-0.25, -0.2) is 9.59 Å². The van der Waals surface area contributed by atoms with Crippen LogP contribution < -0.4 is 15.8 Å². The van der Waals surface area contributed by atoms with Gasteiger partial charge in [-0.15, -0.1) is 0 Å². The van der Waals surface area contributed by atoms with E-state index in [-0.39, 0.29) is 5.63 Å². The van der Waals surface area contributed by atoms with Crippen molar-refractivity contribution in [1.29, 1.82) is 0 Å². The summed E-state index contributed by atoms with van der Waals surface area (Å²) in [6.45, 7) is 13.6. The molecule has 0 aliphatic carbocycles. The van der Waals surface area contributed by atoms with Gasteiger partial charge in [0.05, 0.1) is 0 Å². The topological polar surface area (TPSA) is 71.8 Å². The van der Waals surface area contributed by atoms with Gasteiger partial charge in [-0.1, -0.05) is 0 Å². The number of hydrogen-bond acceptors (Lipinski definition) is 5. The summed E-state index contributed by atoms with van der Waals surface area (Å²) in [5.41, 5.74) is 2.18. The smallest absolute Gasteiger partial charge is 0.407 e. The molecule has 2 rings (SSSR count). The van der Waals surface area contributed by atoms with Crippen LogP contribution in [0, 0.1) is 6.92 Å². The highest BCUT2D eigenvalue weighted by Crippen LogP contribution is 2.25. The number of aryl methyl sites for hydroxylation is 1. The van der Waals surface area contributed by atoms with Gasteiger partial charge in [-0.05, 0) is 65.7 Å². The first-order chi connectivity index (χ1) is 12.7. The maximum absolute atomic E-state index is 12.5. The molecule has 0 saturated heterocycles. The Morgan fingerprint density at radius 1 is 1.22 bits per heavy atom. The zero-order valence-electron chi connectivity index (χ0n) is 17.1. The fourth-order valence-corrected chi connectivity index (χ4v) is 3.06. The number of hydrogen-bond donors (Lipinski definition) is 1. The van der Waals surface area contributed by atoms with E-state index in [1.165, 1.54) is 0 Å². The molecule has 1 N–H and O–H groups in total. The first-order valence-electron chi connectivity index (χ1n) is 9.44. The van der Waals surface area contributed by atoms with Crippen molar-refractivity contribution >= 4 is 22.7 Å². The Labute approximate surface area is 160 Å². The molecule has 2 aromatic rings. The summed E-state index contributed by atoms with van der Waals surface area (Å²) in [5.74, 6) is 0. The van der Waals surface area contributed by atoms with Crippen molar-refractivity contribution in [2.75, 3.05) is 24.5 Å². The first-order valence-corrected chi connectivity index (χ1v) is 9.44. The third-order valence-electron chi connectivity index (χ3n) is 4.44. The van der Waals surface area contributed by atoms with Crippen molar-refractivity contribution in [3.8, 4) is 0 Å². The van der Waals surface area contributed by atoms with Crippen LogP contribution in [0.1, 0.15) is 45.7 Å². The number of benzene rings is 1. The minimum Gasteiger partial charge on any atom is -0.444 e. The molecule has 0 aliphatic heterocycles. The molecule has 0 radical (unpaired) electrons. The van der Waals surface area contributed by atoms with Crippen LogP contribution in [-0.2, 0) is 11.2 Å². The molecule has 1 aromatic heterocycles. The Kier molecular flexibility index (Phi) is 6.52. The fourth-order valence-electron chi connectivity index (χ4n) is 3.06. The Balaban J connectivity index is 2.20. The molecular formula is C21H30N2O4. The summed E-state index contributed by atoms with van der Waals surface area (Å²) >= 11 is 0. The van der Waals surface area contributed by atoms with E-state index in [9.17, 15) is 9.59 Å². The van der Waals surface area contributed by atoms with Gasteiger partial charge in [0.25, 0.3) is 0 Å². The monoisotopic (exact) mass is 374 g/mol. The van der Waals surface area contributed by atoms with E-state index in [1.54, 1.807) is 20.8 Å². The van der Waals surface area contributed by atoms with E-state index >= 15 is 0 Å². The van der Waals surface area contributed by atoms with Crippen LogP contribution in [0.15, 0.2) is 27.4 Å². The second kappa shape index (κ2) is 8.46. The van der Waals surface area contributed by atoms with Crippen LogP contribution in [0.4, 0.5) is 10.5 Å². The van der Waals surface area contributed by atoms with Crippen molar-refractivity contribution in [3.63, 3.8) is 0 Å². The summed E-state index contributed by atoms with van der Waals surface area (Å²) in [6.07, 6.45) is -0.101. The number of fused-ring (bicyclic) bond motifs is 1. The lowest BCUT2D eigenvalue weighted by Gasteiger charge is -2.21. The fraction of sp³-hybridized carbons (Fsp3) is 0.524. The average molecular weight is 374 g/mol. The standard InChI is InChI=1S/C21H30N2O4/c1-7-23(8-2)15-9-10-16-14(3)17(19(24)26-18(16)13-15)11-12-22-20(25)27-21(4,5)6/h9-10,13H,7-8,11-12H2,1-6H3,(H,22,25). The lowest BCUT2D eigenvalue weighted by atomic mass is 10.0. The maximum atomic E-state index is 12.5. The highest BCUT2D eigenvalue weighted by molar-refractivity contribution is 5.84. The molecule has 148 valence electrons. The lowest BCUT2D eigenvalue weighted by Crippen LogP contribution is -2.34. The summed E-state index contributed by atoms with van der Waals surface area (Å²) in [6, 6.07) is 5.95. The molecule has 1 amide bonds. The molecule has 6 nitrogen and oxygen atoms in total. The van der Waals surface area contributed by atoms with Crippen LogP contribution in [0.2, 0.25) is 0 Å². The third kappa shape index (κ3) is 5.25. The number of rotatable bonds is 6. The van der Waals surface area contributed by atoms with Gasteiger partial charge in [-0.2, -0.15) is 0 Å². The molecule has 6 heteroatoms. The second-order valence-electron chi connectivity index (χ2n) is 7.52. The number of nitrogens with zero attached hydrogens (tertiary/aromatic N) is 1. The molecule has 0 atom stereocenters. The van der Waals surface area contributed by atoms with Crippen LogP contribution in [0.3, 0.4) is 0 Å². The predicted molar refractivity (Wildman–Crippen MR) is 109 cm³/mol. The van der Waals surface area contributed by atoms with Gasteiger partial charge in [0.1, 0.15) is 11.2 Å². The van der Waals surface area contributed by atoms with Crippen molar-refractivity contribution in [2.45, 2.75) is 53.6 Å². The largest absolute Gasteiger partial charge is 0.444 e. The molecule has 1 heterocycles. The molecule has 1 aromatic carbocycles. The number of nitrogens with one attached hydrogen (secondary N) is 1. The molecule has 0 aliphatic rings. The van der Waals surface area contributed by atoms with Crippen LogP contribution in [0.5, 0.6) is 0 Å². The molecule has 0 fully saturated rings. The lowest BCUT2D eigenvalue weighted by molar-refractivity contribution is 0.0528. The van der Waals surface area contributed by atoms with Crippen molar-refractivity contribution in [1.82, 2.24) is 5.32 Å². The van der Waals surface area contributed by atoms with Gasteiger partial charge >= 0.3 is 11.7 Å². The number of amides is 1. The third-order valence-corrected chi connectivity index (χ3v) is 4.44. The molecule has 0 unspecified atom stereocenters. The van der Waals surface area contributed by atoms with Gasteiger partial charge < -0.3 is 19.4 Å². The molecule has 0 spiro atoms. The zero-order chi connectivity index (χ0) is 20.2. The normalized spacial score (nSPS) is 11.5. The van der Waals surface area contributed by atoms with Gasteiger partial charge in [0.15, 0.2) is 0 Å². The van der Waals surface area contributed by atoms with Crippen molar-refractivity contribution in [3.05, 3.63) is 39.7 Å². The van der Waals surface area contributed by atoms with E-state index in [1.807, 2.05) is 25.1 Å². The van der Waals surface area contributed by atoms with E-state index in [0.29, 0.717) is 24.1 Å².